The topological polar surface area (TPSA) is 89.3 Å². The van der Waals surface area contributed by atoms with Crippen LogP contribution in [0.2, 0.25) is 0 Å². The van der Waals surface area contributed by atoms with Crippen molar-refractivity contribution in [2.45, 2.75) is 32.4 Å². The number of hydrogen-bond donors (Lipinski definition) is 2. The zero-order chi connectivity index (χ0) is 20.6. The summed E-state index contributed by atoms with van der Waals surface area (Å²) in [5.74, 6) is -1.83. The van der Waals surface area contributed by atoms with Gasteiger partial charge < -0.3 is 15.2 Å². The molecular weight excluding hydrogens is 370 g/mol. The van der Waals surface area contributed by atoms with Crippen LogP contribution in [0, 0.1) is 11.6 Å². The SMILES string of the molecule is C[C@H](Nc1ncc2cc(Oc3ccc(F)cc3F)c(=O)n(C)c2n1)C(C)(C)O. The first-order valence-corrected chi connectivity index (χ1v) is 8.55. The first-order chi connectivity index (χ1) is 13.1. The van der Waals surface area contributed by atoms with Crippen molar-refractivity contribution in [3.8, 4) is 11.5 Å². The van der Waals surface area contributed by atoms with E-state index in [9.17, 15) is 18.7 Å². The number of aromatic nitrogens is 3. The molecule has 0 aliphatic heterocycles. The summed E-state index contributed by atoms with van der Waals surface area (Å²) in [6, 6.07) is 3.87. The maximum atomic E-state index is 13.8. The molecule has 28 heavy (non-hydrogen) atoms. The number of nitrogens with zero attached hydrogens (tertiary/aromatic N) is 3. The summed E-state index contributed by atoms with van der Waals surface area (Å²) < 4.78 is 33.5. The van der Waals surface area contributed by atoms with Gasteiger partial charge in [-0.2, -0.15) is 4.98 Å². The van der Waals surface area contributed by atoms with Gasteiger partial charge >= 0.3 is 0 Å². The van der Waals surface area contributed by atoms with Gasteiger partial charge in [0.15, 0.2) is 17.3 Å². The monoisotopic (exact) mass is 390 g/mol. The second-order valence-corrected chi connectivity index (χ2v) is 7.04. The molecule has 0 saturated carbocycles. The van der Waals surface area contributed by atoms with Crippen LogP contribution in [0.3, 0.4) is 0 Å². The normalized spacial score (nSPS) is 12.8. The second-order valence-electron chi connectivity index (χ2n) is 7.04. The lowest BCUT2D eigenvalue weighted by molar-refractivity contribution is 0.0646. The summed E-state index contributed by atoms with van der Waals surface area (Å²) in [4.78, 5) is 21.1. The molecule has 0 fully saturated rings. The molecule has 0 bridgehead atoms. The van der Waals surface area contributed by atoms with Crippen molar-refractivity contribution in [3.05, 3.63) is 52.5 Å². The van der Waals surface area contributed by atoms with Gasteiger partial charge in [0.1, 0.15) is 11.5 Å². The second kappa shape index (κ2) is 7.16. The third-order valence-electron chi connectivity index (χ3n) is 4.43. The zero-order valence-corrected chi connectivity index (χ0v) is 15.8. The van der Waals surface area contributed by atoms with Gasteiger partial charge in [0.2, 0.25) is 5.95 Å². The van der Waals surface area contributed by atoms with Gasteiger partial charge in [-0.25, -0.2) is 13.8 Å². The average molecular weight is 390 g/mol. The Morgan fingerprint density at radius 2 is 1.96 bits per heavy atom. The molecule has 0 aliphatic carbocycles. The number of hydrogen-bond acceptors (Lipinski definition) is 6. The predicted octanol–water partition coefficient (Wildman–Crippen LogP) is 2.97. The highest BCUT2D eigenvalue weighted by Gasteiger charge is 2.23. The predicted molar refractivity (Wildman–Crippen MR) is 101 cm³/mol. The van der Waals surface area contributed by atoms with E-state index in [1.54, 1.807) is 20.8 Å². The summed E-state index contributed by atoms with van der Waals surface area (Å²) in [7, 11) is 1.49. The fourth-order valence-corrected chi connectivity index (χ4v) is 2.41. The molecule has 0 unspecified atom stereocenters. The number of anilines is 1. The van der Waals surface area contributed by atoms with Crippen molar-refractivity contribution in [1.29, 1.82) is 0 Å². The number of nitrogens with one attached hydrogen (secondary N) is 1. The van der Waals surface area contributed by atoms with Gasteiger partial charge in [-0.1, -0.05) is 0 Å². The highest BCUT2D eigenvalue weighted by Crippen LogP contribution is 2.25. The van der Waals surface area contributed by atoms with Gasteiger partial charge in [-0.05, 0) is 39.0 Å². The molecule has 3 aromatic rings. The number of rotatable bonds is 5. The van der Waals surface area contributed by atoms with Crippen molar-refractivity contribution in [2.24, 2.45) is 7.05 Å². The zero-order valence-electron chi connectivity index (χ0n) is 15.8. The van der Waals surface area contributed by atoms with Crippen LogP contribution < -0.4 is 15.6 Å². The number of aryl methyl sites for hydroxylation is 1. The molecule has 0 saturated heterocycles. The van der Waals surface area contributed by atoms with Gasteiger partial charge in [-0.3, -0.25) is 9.36 Å². The van der Waals surface area contributed by atoms with E-state index >= 15 is 0 Å². The Balaban J connectivity index is 1.99. The van der Waals surface area contributed by atoms with Crippen LogP contribution in [-0.2, 0) is 7.05 Å². The number of benzene rings is 1. The van der Waals surface area contributed by atoms with Crippen LogP contribution in [0.5, 0.6) is 11.5 Å². The molecule has 9 heteroatoms. The van der Waals surface area contributed by atoms with Crippen molar-refractivity contribution in [2.75, 3.05) is 5.32 Å². The molecule has 2 heterocycles. The summed E-state index contributed by atoms with van der Waals surface area (Å²) in [5.41, 5.74) is -1.21. The lowest BCUT2D eigenvalue weighted by Crippen LogP contribution is -2.39. The minimum Gasteiger partial charge on any atom is -0.448 e. The molecule has 0 aliphatic rings. The van der Waals surface area contributed by atoms with Crippen LogP contribution in [0.25, 0.3) is 11.0 Å². The molecule has 2 aromatic heterocycles. The number of ether oxygens (including phenoxy) is 1. The lowest BCUT2D eigenvalue weighted by atomic mass is 10.0. The van der Waals surface area contributed by atoms with Crippen molar-refractivity contribution in [3.63, 3.8) is 0 Å². The first kappa shape index (κ1) is 19.7. The fraction of sp³-hybridized carbons (Fsp3) is 0.316. The van der Waals surface area contributed by atoms with Crippen molar-refractivity contribution < 1.29 is 18.6 Å². The van der Waals surface area contributed by atoms with Gasteiger partial charge in [0, 0.05) is 24.7 Å². The standard InChI is InChI=1S/C19H20F2N4O3/c1-10(19(2,3)27)23-18-22-9-11-7-15(17(26)25(4)16(11)24-18)28-14-6-5-12(20)8-13(14)21/h5-10,27H,1-4H3,(H,22,23,24)/t10-/m0/s1. The number of fused-ring (bicyclic) bond motifs is 1. The van der Waals surface area contributed by atoms with Crippen LogP contribution in [-0.4, -0.2) is 31.3 Å². The summed E-state index contributed by atoms with van der Waals surface area (Å²) in [6.07, 6.45) is 1.48. The Bertz CT molecular complexity index is 1090. The van der Waals surface area contributed by atoms with E-state index in [0.717, 1.165) is 12.1 Å². The largest absolute Gasteiger partial charge is 0.448 e. The van der Waals surface area contributed by atoms with E-state index in [2.05, 4.69) is 15.3 Å². The van der Waals surface area contributed by atoms with E-state index in [1.807, 2.05) is 0 Å². The molecule has 3 rings (SSSR count). The Morgan fingerprint density at radius 1 is 1.25 bits per heavy atom. The van der Waals surface area contributed by atoms with Gasteiger partial charge in [0.05, 0.1) is 11.6 Å². The van der Waals surface area contributed by atoms with Gasteiger partial charge in [0.25, 0.3) is 5.56 Å². The van der Waals surface area contributed by atoms with Crippen LogP contribution >= 0.6 is 0 Å². The van der Waals surface area contributed by atoms with E-state index in [1.165, 1.54) is 23.9 Å². The lowest BCUT2D eigenvalue weighted by Gasteiger charge is -2.26. The third-order valence-corrected chi connectivity index (χ3v) is 4.43. The first-order valence-electron chi connectivity index (χ1n) is 8.55. The van der Waals surface area contributed by atoms with Crippen LogP contribution in [0.15, 0.2) is 35.3 Å². The quantitative estimate of drug-likeness (QED) is 0.696. The minimum absolute atomic E-state index is 0.144. The highest BCUT2D eigenvalue weighted by molar-refractivity contribution is 5.76. The van der Waals surface area contributed by atoms with Crippen LogP contribution in [0.1, 0.15) is 20.8 Å². The molecule has 1 atom stereocenters. The van der Waals surface area contributed by atoms with E-state index in [0.29, 0.717) is 17.1 Å². The fourth-order valence-electron chi connectivity index (χ4n) is 2.41. The van der Waals surface area contributed by atoms with Crippen LogP contribution in [0.4, 0.5) is 14.7 Å². The maximum absolute atomic E-state index is 13.8. The molecule has 2 N–H and O–H groups in total. The Kier molecular flexibility index (Phi) is 5.03. The summed E-state index contributed by atoms with van der Waals surface area (Å²) >= 11 is 0. The van der Waals surface area contributed by atoms with Gasteiger partial charge in [-0.15, -0.1) is 0 Å². The van der Waals surface area contributed by atoms with Crippen molar-refractivity contribution >= 4 is 17.0 Å². The smallest absolute Gasteiger partial charge is 0.294 e. The molecule has 0 spiro atoms. The van der Waals surface area contributed by atoms with E-state index in [-0.39, 0.29) is 23.5 Å². The molecule has 1 aromatic carbocycles. The Hall–Kier alpha value is -3.07. The summed E-state index contributed by atoms with van der Waals surface area (Å²) in [6.45, 7) is 5.08. The third kappa shape index (κ3) is 3.94. The molecular formula is C19H20F2N4O3. The molecule has 7 nitrogen and oxygen atoms in total. The molecule has 0 amide bonds. The average Bonchev–Trinajstić information content (AvgIpc) is 2.61. The molecule has 0 radical (unpaired) electrons. The highest BCUT2D eigenvalue weighted by atomic mass is 19.1. The Morgan fingerprint density at radius 3 is 2.61 bits per heavy atom. The Labute approximate surface area is 159 Å². The van der Waals surface area contributed by atoms with E-state index in [4.69, 9.17) is 4.74 Å². The minimum atomic E-state index is -0.999. The summed E-state index contributed by atoms with van der Waals surface area (Å²) in [5, 5.41) is 13.5. The molecule has 148 valence electrons. The number of halogens is 2. The maximum Gasteiger partial charge on any atom is 0.294 e. The van der Waals surface area contributed by atoms with Crippen molar-refractivity contribution in [1.82, 2.24) is 14.5 Å². The number of pyridine rings is 1. The number of aliphatic hydroxyl groups is 1. The van der Waals surface area contributed by atoms with E-state index < -0.39 is 22.8 Å².